The molecular formula is C26H30N8O3. The summed E-state index contributed by atoms with van der Waals surface area (Å²) in [5.74, 6) is -0.0260. The SMILES string of the molecule is [C-]#[N+]c1ccc(C[C@H](Nc2nc(Nc3cccc(CN4CCNCC4)c3)nc(OC)n2)C(=O)OC)cc1. The second-order valence-electron chi connectivity index (χ2n) is 8.52. The van der Waals surface area contributed by atoms with Crippen molar-refractivity contribution in [3.05, 3.63) is 71.1 Å². The Hall–Kier alpha value is -4.27. The van der Waals surface area contributed by atoms with Gasteiger partial charge >= 0.3 is 12.0 Å². The molecule has 0 radical (unpaired) electrons. The van der Waals surface area contributed by atoms with Gasteiger partial charge in [0.05, 0.1) is 20.8 Å². The number of esters is 1. The fourth-order valence-corrected chi connectivity index (χ4v) is 4.01. The van der Waals surface area contributed by atoms with Crippen molar-refractivity contribution >= 4 is 29.2 Å². The van der Waals surface area contributed by atoms with Crippen molar-refractivity contribution in [2.45, 2.75) is 19.0 Å². The molecule has 0 spiro atoms. The zero-order chi connectivity index (χ0) is 26.0. The Morgan fingerprint density at radius 1 is 1.08 bits per heavy atom. The van der Waals surface area contributed by atoms with Gasteiger partial charge in [-0.2, -0.15) is 15.0 Å². The van der Waals surface area contributed by atoms with Crippen LogP contribution in [-0.2, 0) is 22.5 Å². The first-order valence-corrected chi connectivity index (χ1v) is 12.0. The summed E-state index contributed by atoms with van der Waals surface area (Å²) in [6.07, 6.45) is 0.315. The third-order valence-electron chi connectivity index (χ3n) is 5.89. The highest BCUT2D eigenvalue weighted by Gasteiger charge is 2.22. The molecule has 0 bridgehead atoms. The average Bonchev–Trinajstić information content (AvgIpc) is 2.93. The second kappa shape index (κ2) is 12.6. The molecular weight excluding hydrogens is 472 g/mol. The van der Waals surface area contributed by atoms with Crippen molar-refractivity contribution in [2.24, 2.45) is 0 Å². The van der Waals surface area contributed by atoms with Crippen LogP contribution in [0.2, 0.25) is 0 Å². The number of aromatic nitrogens is 3. The quantitative estimate of drug-likeness (QED) is 0.282. The summed E-state index contributed by atoms with van der Waals surface area (Å²) in [6, 6.07) is 14.5. The van der Waals surface area contributed by atoms with E-state index >= 15 is 0 Å². The first kappa shape index (κ1) is 25.8. The van der Waals surface area contributed by atoms with Gasteiger partial charge in [-0.3, -0.25) is 4.90 Å². The van der Waals surface area contributed by atoms with Crippen LogP contribution in [0.15, 0.2) is 48.5 Å². The predicted octanol–water partition coefficient (Wildman–Crippen LogP) is 2.78. The molecule has 0 aliphatic carbocycles. The number of carbonyl (C=O) groups is 1. The first-order chi connectivity index (χ1) is 18.1. The summed E-state index contributed by atoms with van der Waals surface area (Å²) in [7, 11) is 2.79. The van der Waals surface area contributed by atoms with Crippen LogP contribution in [0.25, 0.3) is 4.85 Å². The summed E-state index contributed by atoms with van der Waals surface area (Å²) in [5.41, 5.74) is 3.40. The minimum absolute atomic E-state index is 0.0991. The lowest BCUT2D eigenvalue weighted by Crippen LogP contribution is -2.42. The molecule has 2 aromatic carbocycles. The van der Waals surface area contributed by atoms with Crippen molar-refractivity contribution in [3.8, 4) is 6.01 Å². The summed E-state index contributed by atoms with van der Waals surface area (Å²) in [4.78, 5) is 31.3. The molecule has 11 nitrogen and oxygen atoms in total. The molecule has 1 saturated heterocycles. The second-order valence-corrected chi connectivity index (χ2v) is 8.52. The number of carbonyl (C=O) groups excluding carboxylic acids is 1. The Labute approximate surface area is 216 Å². The third-order valence-corrected chi connectivity index (χ3v) is 5.89. The van der Waals surface area contributed by atoms with Gasteiger partial charge in [-0.05, 0) is 23.3 Å². The number of hydrogen-bond acceptors (Lipinski definition) is 10. The van der Waals surface area contributed by atoms with Crippen molar-refractivity contribution < 1.29 is 14.3 Å². The van der Waals surface area contributed by atoms with Gasteiger partial charge in [0, 0.05) is 44.8 Å². The Kier molecular flexibility index (Phi) is 8.80. The molecule has 0 amide bonds. The van der Waals surface area contributed by atoms with Crippen LogP contribution in [0, 0.1) is 6.57 Å². The first-order valence-electron chi connectivity index (χ1n) is 12.0. The maximum Gasteiger partial charge on any atom is 0.328 e. The number of anilines is 3. The summed E-state index contributed by atoms with van der Waals surface area (Å²) >= 11 is 0. The van der Waals surface area contributed by atoms with E-state index in [-0.39, 0.29) is 17.9 Å². The van der Waals surface area contributed by atoms with Crippen LogP contribution in [0.4, 0.5) is 23.3 Å². The van der Waals surface area contributed by atoms with E-state index in [0.717, 1.165) is 44.0 Å². The summed E-state index contributed by atoms with van der Waals surface area (Å²) in [5, 5.41) is 9.63. The normalized spacial score (nSPS) is 14.3. The van der Waals surface area contributed by atoms with Gasteiger partial charge in [0.25, 0.3) is 0 Å². The van der Waals surface area contributed by atoms with E-state index in [4.69, 9.17) is 16.0 Å². The molecule has 4 rings (SSSR count). The number of rotatable bonds is 10. The molecule has 0 unspecified atom stereocenters. The van der Waals surface area contributed by atoms with Gasteiger partial charge in [0.1, 0.15) is 6.04 Å². The van der Waals surface area contributed by atoms with E-state index in [0.29, 0.717) is 12.1 Å². The van der Waals surface area contributed by atoms with Crippen molar-refractivity contribution in [3.63, 3.8) is 0 Å². The van der Waals surface area contributed by atoms with E-state index in [1.807, 2.05) is 12.1 Å². The molecule has 1 aromatic heterocycles. The fraction of sp³-hybridized carbons (Fsp3) is 0.346. The smallest absolute Gasteiger partial charge is 0.328 e. The highest BCUT2D eigenvalue weighted by atomic mass is 16.5. The van der Waals surface area contributed by atoms with E-state index in [2.05, 4.69) is 52.8 Å². The highest BCUT2D eigenvalue weighted by Crippen LogP contribution is 2.20. The Bertz CT molecular complexity index is 1240. The van der Waals surface area contributed by atoms with Gasteiger partial charge in [-0.1, -0.05) is 36.4 Å². The van der Waals surface area contributed by atoms with Gasteiger partial charge in [0.15, 0.2) is 5.69 Å². The van der Waals surface area contributed by atoms with Crippen molar-refractivity contribution in [2.75, 3.05) is 51.0 Å². The zero-order valence-electron chi connectivity index (χ0n) is 20.9. The standard InChI is InChI=1S/C26H30N8O3/c1-27-20-9-7-18(8-10-20)16-22(23(35)36-2)30-25-31-24(32-26(33-25)37-3)29-21-6-4-5-19(15-21)17-34-13-11-28-12-14-34/h4-10,15,22,28H,11-14,16-17H2,2-3H3,(H2,29,30,31,32,33)/t22-/m0/s1. The maximum absolute atomic E-state index is 12.5. The molecule has 37 heavy (non-hydrogen) atoms. The van der Waals surface area contributed by atoms with Crippen LogP contribution >= 0.6 is 0 Å². The number of piperazine rings is 1. The lowest BCUT2D eigenvalue weighted by Gasteiger charge is -2.27. The summed E-state index contributed by atoms with van der Waals surface area (Å²) in [6.45, 7) is 12.0. The van der Waals surface area contributed by atoms with Crippen molar-refractivity contribution in [1.82, 2.24) is 25.2 Å². The van der Waals surface area contributed by atoms with E-state index < -0.39 is 12.0 Å². The molecule has 0 saturated carbocycles. The minimum Gasteiger partial charge on any atom is -0.467 e. The molecule has 1 atom stereocenters. The summed E-state index contributed by atoms with van der Waals surface area (Å²) < 4.78 is 10.3. The van der Waals surface area contributed by atoms with Gasteiger partial charge in [-0.15, -0.1) is 0 Å². The lowest BCUT2D eigenvalue weighted by molar-refractivity contribution is -0.141. The third kappa shape index (κ3) is 7.36. The fourth-order valence-electron chi connectivity index (χ4n) is 4.01. The van der Waals surface area contributed by atoms with Gasteiger partial charge < -0.3 is 25.4 Å². The predicted molar refractivity (Wildman–Crippen MR) is 140 cm³/mol. The molecule has 3 aromatic rings. The van der Waals surface area contributed by atoms with Gasteiger partial charge in [-0.25, -0.2) is 9.64 Å². The average molecular weight is 503 g/mol. The Morgan fingerprint density at radius 2 is 1.84 bits per heavy atom. The van der Waals surface area contributed by atoms with E-state index in [9.17, 15) is 4.79 Å². The number of nitrogens with zero attached hydrogens (tertiary/aromatic N) is 5. The molecule has 192 valence electrons. The van der Waals surface area contributed by atoms with E-state index in [1.54, 1.807) is 24.3 Å². The maximum atomic E-state index is 12.5. The van der Waals surface area contributed by atoms with Crippen LogP contribution in [0.5, 0.6) is 6.01 Å². The number of ether oxygens (including phenoxy) is 2. The minimum atomic E-state index is -0.758. The monoisotopic (exact) mass is 502 g/mol. The van der Waals surface area contributed by atoms with Crippen molar-refractivity contribution in [1.29, 1.82) is 0 Å². The van der Waals surface area contributed by atoms with E-state index in [1.165, 1.54) is 19.8 Å². The molecule has 1 fully saturated rings. The molecule has 1 aliphatic rings. The van der Waals surface area contributed by atoms with Crippen LogP contribution in [0.3, 0.4) is 0 Å². The number of hydrogen-bond donors (Lipinski definition) is 3. The molecule has 3 N–H and O–H groups in total. The lowest BCUT2D eigenvalue weighted by atomic mass is 10.1. The van der Waals surface area contributed by atoms with Crippen LogP contribution in [-0.4, -0.2) is 72.3 Å². The topological polar surface area (TPSA) is 118 Å². The van der Waals surface area contributed by atoms with Gasteiger partial charge in [0.2, 0.25) is 11.9 Å². The zero-order valence-corrected chi connectivity index (χ0v) is 20.9. The highest BCUT2D eigenvalue weighted by molar-refractivity contribution is 5.79. The Morgan fingerprint density at radius 3 is 2.54 bits per heavy atom. The molecule has 1 aliphatic heterocycles. The molecule has 2 heterocycles. The number of nitrogens with one attached hydrogen (secondary N) is 3. The molecule has 11 heteroatoms. The van der Waals surface area contributed by atoms with Crippen LogP contribution < -0.4 is 20.7 Å². The largest absolute Gasteiger partial charge is 0.467 e. The number of methoxy groups -OCH3 is 2. The number of benzene rings is 2. The Balaban J connectivity index is 1.50. The van der Waals surface area contributed by atoms with Crippen LogP contribution in [0.1, 0.15) is 11.1 Å².